The van der Waals surface area contributed by atoms with Crippen molar-refractivity contribution in [2.75, 3.05) is 7.11 Å². The lowest BCUT2D eigenvalue weighted by atomic mass is 10.1. The van der Waals surface area contributed by atoms with Gasteiger partial charge in [0.05, 0.1) is 17.8 Å². The van der Waals surface area contributed by atoms with Crippen molar-refractivity contribution >= 4 is 40.6 Å². The number of benzene rings is 2. The van der Waals surface area contributed by atoms with E-state index in [0.717, 1.165) is 0 Å². The number of hydrogen-bond donors (Lipinski definition) is 0. The largest absolute Gasteiger partial charge is 0.464 e. The van der Waals surface area contributed by atoms with E-state index in [-0.39, 0.29) is 5.71 Å². The first-order valence-corrected chi connectivity index (χ1v) is 6.55. The topological polar surface area (TPSA) is 38.7 Å². The first-order valence-electron chi connectivity index (χ1n) is 5.79. The molecule has 2 aromatic rings. The summed E-state index contributed by atoms with van der Waals surface area (Å²) in [6.45, 7) is 0. The van der Waals surface area contributed by atoms with Gasteiger partial charge in [-0.15, -0.1) is 0 Å². The second-order valence-electron chi connectivity index (χ2n) is 3.91. The number of carbonyl (C=O) groups excluding carboxylic acids is 1. The summed E-state index contributed by atoms with van der Waals surface area (Å²) in [6, 6.07) is 13.9. The van der Waals surface area contributed by atoms with Crippen molar-refractivity contribution in [3.63, 3.8) is 0 Å². The van der Waals surface area contributed by atoms with E-state index in [1.807, 2.05) is 18.2 Å². The van der Waals surface area contributed by atoms with Crippen LogP contribution in [0.3, 0.4) is 0 Å². The second kappa shape index (κ2) is 6.55. The van der Waals surface area contributed by atoms with Crippen LogP contribution in [-0.4, -0.2) is 18.8 Å². The third-order valence-electron chi connectivity index (χ3n) is 2.57. The highest BCUT2D eigenvalue weighted by molar-refractivity contribution is 6.44. The first kappa shape index (κ1) is 14.6. The average Bonchev–Trinajstić information content (AvgIpc) is 2.46. The molecule has 2 rings (SSSR count). The van der Waals surface area contributed by atoms with Crippen molar-refractivity contribution in [1.82, 2.24) is 0 Å². The predicted octanol–water partition coefficient (Wildman–Crippen LogP) is 4.29. The predicted molar refractivity (Wildman–Crippen MR) is 81.1 cm³/mol. The monoisotopic (exact) mass is 307 g/mol. The quantitative estimate of drug-likeness (QED) is 0.627. The van der Waals surface area contributed by atoms with Gasteiger partial charge in [-0.3, -0.25) is 0 Å². The molecule has 0 aromatic heterocycles. The lowest BCUT2D eigenvalue weighted by Gasteiger charge is -2.06. The molecule has 0 fully saturated rings. The molecule has 20 heavy (non-hydrogen) atoms. The van der Waals surface area contributed by atoms with E-state index in [0.29, 0.717) is 21.3 Å². The number of ether oxygens (including phenoxy) is 1. The smallest absolute Gasteiger partial charge is 0.357 e. The van der Waals surface area contributed by atoms with E-state index >= 15 is 0 Å². The Balaban J connectivity index is 2.51. The van der Waals surface area contributed by atoms with Gasteiger partial charge in [-0.05, 0) is 18.2 Å². The number of methoxy groups -OCH3 is 1. The van der Waals surface area contributed by atoms with Crippen molar-refractivity contribution in [3.05, 3.63) is 64.1 Å². The van der Waals surface area contributed by atoms with Crippen molar-refractivity contribution in [2.45, 2.75) is 0 Å². The molecule has 0 N–H and O–H groups in total. The molecule has 0 heterocycles. The summed E-state index contributed by atoms with van der Waals surface area (Å²) < 4.78 is 4.76. The van der Waals surface area contributed by atoms with E-state index in [2.05, 4.69) is 4.99 Å². The molecule has 0 saturated heterocycles. The molecule has 0 aliphatic carbocycles. The van der Waals surface area contributed by atoms with Crippen LogP contribution < -0.4 is 0 Å². The Labute approximate surface area is 126 Å². The molecule has 102 valence electrons. The van der Waals surface area contributed by atoms with E-state index in [1.54, 1.807) is 30.3 Å². The molecule has 5 heteroatoms. The maximum absolute atomic E-state index is 11.9. The van der Waals surface area contributed by atoms with Crippen LogP contribution in [-0.2, 0) is 9.53 Å². The van der Waals surface area contributed by atoms with Crippen LogP contribution in [0.5, 0.6) is 0 Å². The molecule has 0 aliphatic rings. The molecular weight excluding hydrogens is 297 g/mol. The summed E-state index contributed by atoms with van der Waals surface area (Å²) in [5.74, 6) is -0.526. The standard InChI is InChI=1S/C15H11Cl2NO2/c1-20-15(19)14(10-5-3-2-4-6-10)18-13-8-7-11(16)9-12(13)17/h2-9H,1H3. The van der Waals surface area contributed by atoms with Crippen LogP contribution >= 0.6 is 23.2 Å². The number of rotatable bonds is 3. The Morgan fingerprint density at radius 3 is 2.40 bits per heavy atom. The van der Waals surface area contributed by atoms with E-state index in [1.165, 1.54) is 7.11 Å². The fraction of sp³-hybridized carbons (Fsp3) is 0.0667. The fourth-order valence-electron chi connectivity index (χ4n) is 1.61. The van der Waals surface area contributed by atoms with E-state index in [9.17, 15) is 4.79 Å². The summed E-state index contributed by atoms with van der Waals surface area (Å²) >= 11 is 11.9. The maximum atomic E-state index is 11.9. The molecular formula is C15H11Cl2NO2. The van der Waals surface area contributed by atoms with Crippen LogP contribution in [0.25, 0.3) is 0 Å². The minimum atomic E-state index is -0.526. The molecule has 0 atom stereocenters. The van der Waals surface area contributed by atoms with Crippen LogP contribution in [0.1, 0.15) is 5.56 Å². The minimum absolute atomic E-state index is 0.192. The number of carbonyl (C=O) groups is 1. The molecule has 0 spiro atoms. The Morgan fingerprint density at radius 2 is 1.80 bits per heavy atom. The summed E-state index contributed by atoms with van der Waals surface area (Å²) in [6.07, 6.45) is 0. The van der Waals surface area contributed by atoms with Crippen molar-refractivity contribution < 1.29 is 9.53 Å². The molecule has 2 aromatic carbocycles. The number of nitrogens with zero attached hydrogens (tertiary/aromatic N) is 1. The SMILES string of the molecule is COC(=O)C(=Nc1ccc(Cl)cc1Cl)c1ccccc1. The lowest BCUT2D eigenvalue weighted by molar-refractivity contribution is -0.132. The maximum Gasteiger partial charge on any atom is 0.357 e. The van der Waals surface area contributed by atoms with Crippen LogP contribution in [0, 0.1) is 0 Å². The van der Waals surface area contributed by atoms with E-state index in [4.69, 9.17) is 27.9 Å². The summed E-state index contributed by atoms with van der Waals surface area (Å²) in [4.78, 5) is 16.2. The fourth-order valence-corrected chi connectivity index (χ4v) is 2.06. The Hall–Kier alpha value is -1.84. The van der Waals surface area contributed by atoms with Crippen molar-refractivity contribution in [2.24, 2.45) is 4.99 Å². The van der Waals surface area contributed by atoms with Crippen molar-refractivity contribution in [1.29, 1.82) is 0 Å². The first-order chi connectivity index (χ1) is 9.61. The number of halogens is 2. The Morgan fingerprint density at radius 1 is 1.10 bits per heavy atom. The normalized spacial score (nSPS) is 11.2. The second-order valence-corrected chi connectivity index (χ2v) is 4.76. The molecule has 0 unspecified atom stereocenters. The molecule has 0 aliphatic heterocycles. The van der Waals surface area contributed by atoms with Crippen LogP contribution in [0.4, 0.5) is 5.69 Å². The lowest BCUT2D eigenvalue weighted by Crippen LogP contribution is -2.16. The highest BCUT2D eigenvalue weighted by atomic mass is 35.5. The van der Waals surface area contributed by atoms with Gasteiger partial charge in [0.25, 0.3) is 0 Å². The molecule has 0 amide bonds. The zero-order valence-corrected chi connectivity index (χ0v) is 12.2. The van der Waals surface area contributed by atoms with Crippen LogP contribution in [0.2, 0.25) is 10.0 Å². The van der Waals surface area contributed by atoms with E-state index < -0.39 is 5.97 Å². The summed E-state index contributed by atoms with van der Waals surface area (Å²) in [5.41, 5.74) is 1.31. The molecule has 0 saturated carbocycles. The summed E-state index contributed by atoms with van der Waals surface area (Å²) in [7, 11) is 1.31. The summed E-state index contributed by atoms with van der Waals surface area (Å²) in [5, 5.41) is 0.878. The molecule has 3 nitrogen and oxygen atoms in total. The number of aliphatic imine (C=N–C) groups is 1. The Kier molecular flexibility index (Phi) is 4.77. The van der Waals surface area contributed by atoms with Gasteiger partial charge in [0, 0.05) is 10.6 Å². The highest BCUT2D eigenvalue weighted by Crippen LogP contribution is 2.28. The zero-order chi connectivity index (χ0) is 14.5. The third-order valence-corrected chi connectivity index (χ3v) is 3.11. The van der Waals surface area contributed by atoms with Gasteiger partial charge in [-0.1, -0.05) is 53.5 Å². The molecule has 0 bridgehead atoms. The van der Waals surface area contributed by atoms with Gasteiger partial charge >= 0.3 is 5.97 Å². The highest BCUT2D eigenvalue weighted by Gasteiger charge is 2.15. The van der Waals surface area contributed by atoms with Gasteiger partial charge in [-0.25, -0.2) is 9.79 Å². The van der Waals surface area contributed by atoms with Crippen molar-refractivity contribution in [3.8, 4) is 0 Å². The Bertz CT molecular complexity index is 654. The zero-order valence-electron chi connectivity index (χ0n) is 10.6. The molecule has 0 radical (unpaired) electrons. The van der Waals surface area contributed by atoms with Crippen LogP contribution in [0.15, 0.2) is 53.5 Å². The van der Waals surface area contributed by atoms with Gasteiger partial charge in [0.1, 0.15) is 0 Å². The minimum Gasteiger partial charge on any atom is -0.464 e. The van der Waals surface area contributed by atoms with Gasteiger partial charge < -0.3 is 4.74 Å². The van der Waals surface area contributed by atoms with Gasteiger partial charge in [0.2, 0.25) is 0 Å². The third kappa shape index (κ3) is 3.38. The van der Waals surface area contributed by atoms with Gasteiger partial charge in [-0.2, -0.15) is 0 Å². The average molecular weight is 308 g/mol. The van der Waals surface area contributed by atoms with Gasteiger partial charge in [0.15, 0.2) is 5.71 Å². The number of esters is 1. The number of hydrogen-bond acceptors (Lipinski definition) is 3.